The van der Waals surface area contributed by atoms with Crippen LogP contribution in [0.25, 0.3) is 0 Å². The van der Waals surface area contributed by atoms with Crippen LogP contribution in [0.5, 0.6) is 0 Å². The number of amides is 2. The molecule has 0 aromatic rings. The Labute approximate surface area is 127 Å². The Morgan fingerprint density at radius 1 is 0.905 bits per heavy atom. The van der Waals surface area contributed by atoms with Gasteiger partial charge < -0.3 is 14.9 Å². The van der Waals surface area contributed by atoms with Crippen molar-refractivity contribution in [2.24, 2.45) is 17.3 Å². The van der Waals surface area contributed by atoms with Crippen molar-refractivity contribution in [1.29, 1.82) is 0 Å². The van der Waals surface area contributed by atoms with E-state index >= 15 is 0 Å². The average Bonchev–Trinajstić information content (AvgIpc) is 2.46. The van der Waals surface area contributed by atoms with Crippen molar-refractivity contribution in [2.75, 3.05) is 26.2 Å². The van der Waals surface area contributed by atoms with Crippen LogP contribution in [-0.2, 0) is 4.79 Å². The summed E-state index contributed by atoms with van der Waals surface area (Å²) in [5.74, 6) is -0.326. The molecule has 2 rings (SSSR count). The largest absolute Gasteiger partial charge is 0.481 e. The van der Waals surface area contributed by atoms with Crippen LogP contribution in [0.15, 0.2) is 0 Å². The lowest BCUT2D eigenvalue weighted by molar-refractivity contribution is -0.143. The Balaban J connectivity index is 1.82. The maximum Gasteiger partial charge on any atom is 0.319 e. The Morgan fingerprint density at radius 3 is 1.71 bits per heavy atom. The number of likely N-dealkylation sites (tertiary alicyclic amines) is 2. The third kappa shape index (κ3) is 3.89. The van der Waals surface area contributed by atoms with Gasteiger partial charge in [0.15, 0.2) is 0 Å². The molecule has 0 aliphatic carbocycles. The van der Waals surface area contributed by atoms with E-state index in [1.165, 1.54) is 0 Å². The summed E-state index contributed by atoms with van der Waals surface area (Å²) in [7, 11) is 0. The summed E-state index contributed by atoms with van der Waals surface area (Å²) >= 11 is 0. The molecule has 0 aromatic carbocycles. The summed E-state index contributed by atoms with van der Waals surface area (Å²) in [6.45, 7) is 9.63. The molecule has 2 aliphatic rings. The molecule has 5 nitrogen and oxygen atoms in total. The second-order valence-corrected chi connectivity index (χ2v) is 7.51. The van der Waals surface area contributed by atoms with E-state index in [1.54, 1.807) is 0 Å². The van der Waals surface area contributed by atoms with Crippen molar-refractivity contribution in [3.63, 3.8) is 0 Å². The highest BCUT2D eigenvalue weighted by Crippen LogP contribution is 2.34. The number of carboxylic acids is 1. The molecule has 120 valence electrons. The lowest BCUT2D eigenvalue weighted by Crippen LogP contribution is -2.50. The Kier molecular flexibility index (Phi) is 4.79. The molecule has 21 heavy (non-hydrogen) atoms. The minimum absolute atomic E-state index is 0.103. The lowest BCUT2D eigenvalue weighted by atomic mass is 9.75. The topological polar surface area (TPSA) is 60.9 Å². The number of aliphatic carboxylic acids is 1. The van der Waals surface area contributed by atoms with Crippen molar-refractivity contribution in [3.05, 3.63) is 0 Å². The molecule has 2 fully saturated rings. The van der Waals surface area contributed by atoms with E-state index in [4.69, 9.17) is 5.11 Å². The van der Waals surface area contributed by atoms with Crippen molar-refractivity contribution >= 4 is 12.0 Å². The van der Waals surface area contributed by atoms with Gasteiger partial charge in [-0.15, -0.1) is 0 Å². The van der Waals surface area contributed by atoms with E-state index in [0.29, 0.717) is 37.3 Å². The number of hydrogen-bond donors (Lipinski definition) is 1. The summed E-state index contributed by atoms with van der Waals surface area (Å²) < 4.78 is 0. The van der Waals surface area contributed by atoms with Gasteiger partial charge in [0.2, 0.25) is 0 Å². The van der Waals surface area contributed by atoms with E-state index in [1.807, 2.05) is 9.80 Å². The first-order valence-corrected chi connectivity index (χ1v) is 8.05. The lowest BCUT2D eigenvalue weighted by Gasteiger charge is -2.41. The van der Waals surface area contributed by atoms with Crippen LogP contribution in [0.1, 0.15) is 46.5 Å². The molecule has 2 amide bonds. The van der Waals surface area contributed by atoms with Crippen molar-refractivity contribution < 1.29 is 14.7 Å². The van der Waals surface area contributed by atoms with Crippen LogP contribution >= 0.6 is 0 Å². The molecular formula is C16H28N2O3. The predicted molar refractivity (Wildman–Crippen MR) is 81.1 cm³/mol. The van der Waals surface area contributed by atoms with Gasteiger partial charge in [0.25, 0.3) is 0 Å². The van der Waals surface area contributed by atoms with E-state index in [0.717, 1.165) is 25.9 Å². The van der Waals surface area contributed by atoms with E-state index in [9.17, 15) is 9.59 Å². The molecule has 0 bridgehead atoms. The van der Waals surface area contributed by atoms with Gasteiger partial charge in [-0.3, -0.25) is 4.79 Å². The summed E-state index contributed by atoms with van der Waals surface area (Å²) in [5, 5.41) is 9.00. The highest BCUT2D eigenvalue weighted by atomic mass is 16.4. The third-order valence-corrected chi connectivity index (χ3v) is 5.10. The van der Waals surface area contributed by atoms with Gasteiger partial charge in [-0.2, -0.15) is 0 Å². The average molecular weight is 296 g/mol. The maximum absolute atomic E-state index is 12.5. The fourth-order valence-corrected chi connectivity index (χ4v) is 3.45. The number of nitrogens with zero attached hydrogens (tertiary/aromatic N) is 2. The number of piperidine rings is 2. The van der Waals surface area contributed by atoms with Gasteiger partial charge in [0.1, 0.15) is 0 Å². The summed E-state index contributed by atoms with van der Waals surface area (Å²) in [4.78, 5) is 27.2. The first-order valence-electron chi connectivity index (χ1n) is 8.05. The fraction of sp³-hybridized carbons (Fsp3) is 0.875. The highest BCUT2D eigenvalue weighted by molar-refractivity contribution is 5.75. The SMILES string of the molecule is CC(C)(C)C1CCN(C(=O)N2CCC(C(=O)O)CC2)CC1. The molecule has 0 atom stereocenters. The molecule has 0 saturated carbocycles. The summed E-state index contributed by atoms with van der Waals surface area (Å²) in [6.07, 6.45) is 3.31. The van der Waals surface area contributed by atoms with Crippen LogP contribution in [0.4, 0.5) is 4.79 Å². The highest BCUT2D eigenvalue weighted by Gasteiger charge is 2.33. The van der Waals surface area contributed by atoms with Crippen LogP contribution in [0.3, 0.4) is 0 Å². The standard InChI is InChI=1S/C16H28N2O3/c1-16(2,3)13-6-10-18(11-7-13)15(21)17-8-4-12(5-9-17)14(19)20/h12-13H,4-11H2,1-3H3,(H,19,20). The Bertz CT molecular complexity index is 387. The minimum Gasteiger partial charge on any atom is -0.481 e. The first kappa shape index (κ1) is 16.1. The normalized spacial score (nSPS) is 22.4. The number of rotatable bonds is 1. The van der Waals surface area contributed by atoms with Crippen LogP contribution in [0, 0.1) is 17.3 Å². The van der Waals surface area contributed by atoms with Crippen molar-refractivity contribution in [1.82, 2.24) is 9.80 Å². The minimum atomic E-state index is -0.729. The van der Waals surface area contributed by atoms with E-state index in [2.05, 4.69) is 20.8 Å². The van der Waals surface area contributed by atoms with Gasteiger partial charge in [0, 0.05) is 26.2 Å². The smallest absolute Gasteiger partial charge is 0.319 e. The molecule has 0 aromatic heterocycles. The number of urea groups is 1. The monoisotopic (exact) mass is 296 g/mol. The summed E-state index contributed by atoms with van der Waals surface area (Å²) in [5.41, 5.74) is 0.314. The van der Waals surface area contributed by atoms with Crippen molar-refractivity contribution in [3.8, 4) is 0 Å². The molecule has 2 heterocycles. The van der Waals surface area contributed by atoms with Crippen LogP contribution < -0.4 is 0 Å². The van der Waals surface area contributed by atoms with Crippen LogP contribution in [0.2, 0.25) is 0 Å². The second-order valence-electron chi connectivity index (χ2n) is 7.51. The Morgan fingerprint density at radius 2 is 1.33 bits per heavy atom. The van der Waals surface area contributed by atoms with Gasteiger partial charge in [0.05, 0.1) is 5.92 Å². The molecular weight excluding hydrogens is 268 g/mol. The van der Waals surface area contributed by atoms with E-state index < -0.39 is 5.97 Å². The Hall–Kier alpha value is -1.26. The molecule has 0 unspecified atom stereocenters. The quantitative estimate of drug-likeness (QED) is 0.809. The zero-order valence-corrected chi connectivity index (χ0v) is 13.5. The molecule has 5 heteroatoms. The van der Waals surface area contributed by atoms with Gasteiger partial charge in [-0.1, -0.05) is 20.8 Å². The molecule has 1 N–H and O–H groups in total. The first-order chi connectivity index (χ1) is 9.79. The van der Waals surface area contributed by atoms with Gasteiger partial charge in [-0.25, -0.2) is 4.79 Å². The predicted octanol–water partition coefficient (Wildman–Crippen LogP) is 2.66. The van der Waals surface area contributed by atoms with Gasteiger partial charge in [-0.05, 0) is 37.0 Å². The zero-order chi connectivity index (χ0) is 15.6. The maximum atomic E-state index is 12.5. The molecule has 2 aliphatic heterocycles. The summed E-state index contributed by atoms with van der Waals surface area (Å²) in [6, 6.07) is 0.103. The third-order valence-electron chi connectivity index (χ3n) is 5.10. The number of carbonyl (C=O) groups excluding carboxylic acids is 1. The molecule has 0 radical (unpaired) electrons. The zero-order valence-electron chi connectivity index (χ0n) is 13.5. The molecule has 0 spiro atoms. The fourth-order valence-electron chi connectivity index (χ4n) is 3.45. The van der Waals surface area contributed by atoms with Crippen molar-refractivity contribution in [2.45, 2.75) is 46.5 Å². The number of hydrogen-bond acceptors (Lipinski definition) is 2. The van der Waals surface area contributed by atoms with Gasteiger partial charge >= 0.3 is 12.0 Å². The second kappa shape index (κ2) is 6.24. The van der Waals surface area contributed by atoms with Crippen LogP contribution in [-0.4, -0.2) is 53.1 Å². The number of carboxylic acid groups (broad SMARTS) is 1. The number of carbonyl (C=O) groups is 2. The molecule has 2 saturated heterocycles. The van der Waals surface area contributed by atoms with E-state index in [-0.39, 0.29) is 11.9 Å².